The van der Waals surface area contributed by atoms with Crippen molar-refractivity contribution < 1.29 is 14.0 Å². The zero-order valence-electron chi connectivity index (χ0n) is 13.0. The van der Waals surface area contributed by atoms with E-state index in [0.717, 1.165) is 17.5 Å². The van der Waals surface area contributed by atoms with E-state index >= 15 is 0 Å². The van der Waals surface area contributed by atoms with Crippen molar-refractivity contribution in [3.63, 3.8) is 0 Å². The standard InChI is InChI=1S/C15H16FN5O2/c1-21(2)10-18-14-13(16)9-17-15(20-14)23-19-8-11-4-6-12(22-3)7-5-11/h4-10H,1-3H3/b18-10+,19-8?. The second-order valence-corrected chi connectivity index (χ2v) is 4.63. The maximum atomic E-state index is 13.5. The van der Waals surface area contributed by atoms with Crippen LogP contribution in [0.15, 0.2) is 40.6 Å². The van der Waals surface area contributed by atoms with Crippen LogP contribution in [0.25, 0.3) is 0 Å². The third-order valence-corrected chi connectivity index (χ3v) is 2.57. The highest BCUT2D eigenvalue weighted by molar-refractivity contribution is 5.79. The number of oxime groups is 1. The molecule has 8 heteroatoms. The lowest BCUT2D eigenvalue weighted by Gasteiger charge is -2.03. The van der Waals surface area contributed by atoms with Gasteiger partial charge in [0.05, 0.1) is 25.9 Å². The SMILES string of the molecule is COc1ccc(C=NOc2ncc(F)c(/N=C/N(C)C)n2)cc1. The van der Waals surface area contributed by atoms with Gasteiger partial charge in [0.15, 0.2) is 11.6 Å². The first-order valence-electron chi connectivity index (χ1n) is 6.66. The summed E-state index contributed by atoms with van der Waals surface area (Å²) in [6.07, 6.45) is 3.89. The Bertz CT molecular complexity index is 702. The van der Waals surface area contributed by atoms with Crippen LogP contribution >= 0.6 is 0 Å². The molecule has 0 aliphatic carbocycles. The van der Waals surface area contributed by atoms with Gasteiger partial charge in [0.25, 0.3) is 0 Å². The van der Waals surface area contributed by atoms with Gasteiger partial charge in [-0.05, 0) is 29.8 Å². The Morgan fingerprint density at radius 3 is 2.61 bits per heavy atom. The zero-order chi connectivity index (χ0) is 16.7. The van der Waals surface area contributed by atoms with Crippen molar-refractivity contribution in [1.82, 2.24) is 14.9 Å². The molecular weight excluding hydrogens is 301 g/mol. The molecule has 0 spiro atoms. The van der Waals surface area contributed by atoms with E-state index in [2.05, 4.69) is 20.1 Å². The van der Waals surface area contributed by atoms with Gasteiger partial charge in [-0.25, -0.2) is 9.38 Å². The number of methoxy groups -OCH3 is 1. The molecule has 2 rings (SSSR count). The number of benzene rings is 1. The van der Waals surface area contributed by atoms with E-state index in [9.17, 15) is 4.39 Å². The number of rotatable bonds is 6. The molecule has 1 aromatic carbocycles. The zero-order valence-corrected chi connectivity index (χ0v) is 13.0. The molecule has 7 nitrogen and oxygen atoms in total. The van der Waals surface area contributed by atoms with Gasteiger partial charge in [-0.1, -0.05) is 5.16 Å². The van der Waals surface area contributed by atoms with Crippen molar-refractivity contribution in [2.24, 2.45) is 10.1 Å². The average Bonchev–Trinajstić information content (AvgIpc) is 2.55. The van der Waals surface area contributed by atoms with Gasteiger partial charge in [0, 0.05) is 14.1 Å². The highest BCUT2D eigenvalue weighted by Crippen LogP contribution is 2.16. The molecule has 0 fully saturated rings. The molecule has 0 N–H and O–H groups in total. The first-order valence-corrected chi connectivity index (χ1v) is 6.66. The van der Waals surface area contributed by atoms with Gasteiger partial charge in [0.2, 0.25) is 0 Å². The van der Waals surface area contributed by atoms with Crippen LogP contribution in [0.3, 0.4) is 0 Å². The largest absolute Gasteiger partial charge is 0.497 e. The summed E-state index contributed by atoms with van der Waals surface area (Å²) in [6.45, 7) is 0. The summed E-state index contributed by atoms with van der Waals surface area (Å²) in [5, 5.41) is 3.76. The number of hydrogen-bond acceptors (Lipinski definition) is 6. The van der Waals surface area contributed by atoms with Crippen LogP contribution < -0.4 is 9.57 Å². The number of nitrogens with zero attached hydrogens (tertiary/aromatic N) is 5. The molecule has 0 atom stereocenters. The van der Waals surface area contributed by atoms with Gasteiger partial charge in [-0.3, -0.25) is 0 Å². The van der Waals surface area contributed by atoms with Crippen LogP contribution in [0.5, 0.6) is 11.8 Å². The number of hydrogen-bond donors (Lipinski definition) is 0. The topological polar surface area (TPSA) is 72.2 Å². The lowest BCUT2D eigenvalue weighted by atomic mass is 10.2. The Balaban J connectivity index is 2.04. The summed E-state index contributed by atoms with van der Waals surface area (Å²) >= 11 is 0. The van der Waals surface area contributed by atoms with Gasteiger partial charge < -0.3 is 14.5 Å². The van der Waals surface area contributed by atoms with Gasteiger partial charge in [-0.2, -0.15) is 9.97 Å². The Hall–Kier alpha value is -3.03. The van der Waals surface area contributed by atoms with Crippen molar-refractivity contribution in [1.29, 1.82) is 0 Å². The normalized spacial score (nSPS) is 11.1. The predicted octanol–water partition coefficient (Wildman–Crippen LogP) is 2.26. The minimum atomic E-state index is -0.644. The summed E-state index contributed by atoms with van der Waals surface area (Å²) in [4.78, 5) is 18.1. The third kappa shape index (κ3) is 5.03. The van der Waals surface area contributed by atoms with Gasteiger partial charge in [-0.15, -0.1) is 0 Å². The molecule has 2 aromatic rings. The van der Waals surface area contributed by atoms with Crippen LogP contribution in [0.1, 0.15) is 5.56 Å². The minimum Gasteiger partial charge on any atom is -0.497 e. The Kier molecular flexibility index (Phi) is 5.56. The summed E-state index contributed by atoms with van der Waals surface area (Å²) in [7, 11) is 5.12. The number of aliphatic imine (C=N–C) groups is 1. The van der Waals surface area contributed by atoms with Crippen LogP contribution in [0.4, 0.5) is 10.2 Å². The molecule has 0 unspecified atom stereocenters. The molecule has 0 aliphatic heterocycles. The fourth-order valence-corrected chi connectivity index (χ4v) is 1.47. The van der Waals surface area contributed by atoms with E-state index in [1.165, 1.54) is 12.6 Å². The first kappa shape index (κ1) is 16.3. The van der Waals surface area contributed by atoms with E-state index < -0.39 is 5.82 Å². The molecule has 0 amide bonds. The number of halogens is 1. The maximum Gasteiger partial charge on any atom is 0.347 e. The molecule has 23 heavy (non-hydrogen) atoms. The highest BCUT2D eigenvalue weighted by atomic mass is 19.1. The van der Waals surface area contributed by atoms with Crippen LogP contribution in [0.2, 0.25) is 0 Å². The molecule has 120 valence electrons. The third-order valence-electron chi connectivity index (χ3n) is 2.57. The molecule has 0 radical (unpaired) electrons. The highest BCUT2D eigenvalue weighted by Gasteiger charge is 2.06. The van der Waals surface area contributed by atoms with E-state index in [4.69, 9.17) is 9.57 Å². The molecule has 0 saturated heterocycles. The van der Waals surface area contributed by atoms with Crippen molar-refractivity contribution in [3.05, 3.63) is 41.8 Å². The van der Waals surface area contributed by atoms with E-state index in [1.807, 2.05) is 12.1 Å². The second-order valence-electron chi connectivity index (χ2n) is 4.63. The Morgan fingerprint density at radius 1 is 1.22 bits per heavy atom. The number of aromatic nitrogens is 2. The minimum absolute atomic E-state index is 0.0953. The molecular formula is C15H16FN5O2. The van der Waals surface area contributed by atoms with Crippen LogP contribution in [-0.2, 0) is 0 Å². The molecule has 1 aromatic heterocycles. The first-order chi connectivity index (χ1) is 11.1. The Labute approximate surface area is 133 Å². The van der Waals surface area contributed by atoms with Crippen LogP contribution in [-0.4, -0.2) is 48.6 Å². The van der Waals surface area contributed by atoms with E-state index in [-0.39, 0.29) is 11.8 Å². The maximum absolute atomic E-state index is 13.5. The lowest BCUT2D eigenvalue weighted by Crippen LogP contribution is -2.07. The summed E-state index contributed by atoms with van der Waals surface area (Å²) in [5.74, 6) is -0.0220. The summed E-state index contributed by atoms with van der Waals surface area (Å²) < 4.78 is 18.6. The smallest absolute Gasteiger partial charge is 0.347 e. The number of ether oxygens (including phenoxy) is 1. The summed E-state index contributed by atoms with van der Waals surface area (Å²) in [6, 6.07) is 7.11. The quantitative estimate of drug-likeness (QED) is 0.464. The van der Waals surface area contributed by atoms with Crippen molar-refractivity contribution in [3.8, 4) is 11.8 Å². The van der Waals surface area contributed by atoms with Crippen LogP contribution in [0, 0.1) is 5.82 Å². The summed E-state index contributed by atoms with van der Waals surface area (Å²) in [5.41, 5.74) is 0.804. The molecule has 0 bridgehead atoms. The molecule has 0 saturated carbocycles. The molecule has 1 heterocycles. The van der Waals surface area contributed by atoms with Crippen molar-refractivity contribution in [2.75, 3.05) is 21.2 Å². The predicted molar refractivity (Wildman–Crippen MR) is 85.0 cm³/mol. The van der Waals surface area contributed by atoms with Crippen molar-refractivity contribution in [2.45, 2.75) is 0 Å². The lowest BCUT2D eigenvalue weighted by molar-refractivity contribution is 0.313. The van der Waals surface area contributed by atoms with E-state index in [0.29, 0.717) is 0 Å². The van der Waals surface area contributed by atoms with Gasteiger partial charge >= 0.3 is 6.01 Å². The Morgan fingerprint density at radius 2 is 1.96 bits per heavy atom. The van der Waals surface area contributed by atoms with Crippen molar-refractivity contribution >= 4 is 18.4 Å². The van der Waals surface area contributed by atoms with Gasteiger partial charge in [0.1, 0.15) is 5.75 Å². The fourth-order valence-electron chi connectivity index (χ4n) is 1.47. The second kappa shape index (κ2) is 7.83. The monoisotopic (exact) mass is 317 g/mol. The average molecular weight is 317 g/mol. The molecule has 0 aliphatic rings. The fraction of sp³-hybridized carbons (Fsp3) is 0.200. The van der Waals surface area contributed by atoms with E-state index in [1.54, 1.807) is 38.2 Å².